The van der Waals surface area contributed by atoms with Gasteiger partial charge < -0.3 is 20.3 Å². The number of amides is 1. The number of nitrogens with one attached hydrogen (secondary N) is 2. The average molecular weight is 497 g/mol. The maximum Gasteiger partial charge on any atom is 0.338 e. The summed E-state index contributed by atoms with van der Waals surface area (Å²) in [5, 5.41) is 17.4. The van der Waals surface area contributed by atoms with Gasteiger partial charge in [-0.3, -0.25) is 14.9 Å². The fourth-order valence-corrected chi connectivity index (χ4v) is 4.11. The Hall–Kier alpha value is -3.79. The molecular weight excluding hydrogens is 468 g/mol. The van der Waals surface area contributed by atoms with E-state index in [1.54, 1.807) is 18.2 Å². The van der Waals surface area contributed by atoms with Gasteiger partial charge in [-0.05, 0) is 61.8 Å². The number of anilines is 1. The highest BCUT2D eigenvalue weighted by Gasteiger charge is 2.34. The van der Waals surface area contributed by atoms with Crippen molar-refractivity contribution in [1.82, 2.24) is 10.2 Å². The molecule has 1 amide bonds. The van der Waals surface area contributed by atoms with Crippen LogP contribution in [0.2, 0.25) is 0 Å². The SMILES string of the molecule is CCN1C(=S)NC(c2cccc(NC(=O)c3ccc([N+](=O)[O-])cc3)c2)C(C(=O)OCC(C)C)=C1C. The zero-order chi connectivity index (χ0) is 25.7. The standard InChI is InChI=1S/C25H28N4O5S/c1-5-28-16(4)21(24(31)34-14-15(2)3)22(27-25(28)35)18-7-6-8-19(13-18)26-23(30)17-9-11-20(12-10-17)29(32)33/h6-13,15,22H,5,14H2,1-4H3,(H,26,30)(H,27,35). The number of non-ortho nitro benzene ring substituents is 1. The minimum absolute atomic E-state index is 0.0944. The number of rotatable bonds is 8. The van der Waals surface area contributed by atoms with Crippen molar-refractivity contribution in [3.05, 3.63) is 81.0 Å². The third-order valence-electron chi connectivity index (χ3n) is 5.50. The molecule has 1 atom stereocenters. The number of nitro benzene ring substituents is 1. The molecule has 184 valence electrons. The number of nitrogens with zero attached hydrogens (tertiary/aromatic N) is 2. The molecule has 0 fully saturated rings. The summed E-state index contributed by atoms with van der Waals surface area (Å²) >= 11 is 5.53. The Labute approximate surface area is 209 Å². The van der Waals surface area contributed by atoms with Crippen LogP contribution in [-0.2, 0) is 9.53 Å². The van der Waals surface area contributed by atoms with Gasteiger partial charge in [0.25, 0.3) is 11.6 Å². The first kappa shape index (κ1) is 25.8. The van der Waals surface area contributed by atoms with Crippen LogP contribution in [0, 0.1) is 16.0 Å². The Morgan fingerprint density at radius 1 is 1.23 bits per heavy atom. The molecular formula is C25H28N4O5S. The molecule has 0 radical (unpaired) electrons. The maximum atomic E-state index is 13.1. The monoisotopic (exact) mass is 496 g/mol. The van der Waals surface area contributed by atoms with E-state index in [1.165, 1.54) is 24.3 Å². The highest BCUT2D eigenvalue weighted by atomic mass is 32.1. The number of hydrogen-bond donors (Lipinski definition) is 2. The van der Waals surface area contributed by atoms with Crippen molar-refractivity contribution < 1.29 is 19.2 Å². The molecule has 1 heterocycles. The zero-order valence-corrected chi connectivity index (χ0v) is 20.8. The molecule has 1 unspecified atom stereocenters. The van der Waals surface area contributed by atoms with Crippen LogP contribution in [0.15, 0.2) is 59.8 Å². The van der Waals surface area contributed by atoms with E-state index >= 15 is 0 Å². The van der Waals surface area contributed by atoms with Gasteiger partial charge in [0.05, 0.1) is 23.1 Å². The number of ether oxygens (including phenoxy) is 1. The van der Waals surface area contributed by atoms with E-state index in [9.17, 15) is 19.7 Å². The summed E-state index contributed by atoms with van der Waals surface area (Å²) in [7, 11) is 0. The van der Waals surface area contributed by atoms with Crippen LogP contribution < -0.4 is 10.6 Å². The second-order valence-corrected chi connectivity index (χ2v) is 8.89. The smallest absolute Gasteiger partial charge is 0.338 e. The van der Waals surface area contributed by atoms with Gasteiger partial charge in [-0.15, -0.1) is 0 Å². The molecule has 0 saturated carbocycles. The van der Waals surface area contributed by atoms with Crippen molar-refractivity contribution in [2.24, 2.45) is 5.92 Å². The van der Waals surface area contributed by atoms with E-state index in [0.717, 1.165) is 11.3 Å². The van der Waals surface area contributed by atoms with Crippen LogP contribution in [0.5, 0.6) is 0 Å². The van der Waals surface area contributed by atoms with E-state index < -0.39 is 22.8 Å². The lowest BCUT2D eigenvalue weighted by Gasteiger charge is -2.37. The molecule has 1 aliphatic rings. The Morgan fingerprint density at radius 3 is 2.51 bits per heavy atom. The van der Waals surface area contributed by atoms with Gasteiger partial charge in [0.1, 0.15) is 0 Å². The fourth-order valence-electron chi connectivity index (χ4n) is 3.73. The summed E-state index contributed by atoms with van der Waals surface area (Å²) < 4.78 is 5.55. The van der Waals surface area contributed by atoms with Crippen molar-refractivity contribution in [2.45, 2.75) is 33.7 Å². The summed E-state index contributed by atoms with van der Waals surface area (Å²) in [5.74, 6) is -0.643. The van der Waals surface area contributed by atoms with Crippen LogP contribution in [0.3, 0.4) is 0 Å². The fraction of sp³-hybridized carbons (Fsp3) is 0.320. The van der Waals surface area contributed by atoms with Gasteiger partial charge in [0.2, 0.25) is 0 Å². The van der Waals surface area contributed by atoms with Gasteiger partial charge in [0, 0.05) is 35.6 Å². The summed E-state index contributed by atoms with van der Waals surface area (Å²) in [6.07, 6.45) is 0. The molecule has 0 aliphatic carbocycles. The van der Waals surface area contributed by atoms with Crippen LogP contribution in [-0.4, -0.2) is 40.0 Å². The molecule has 1 aliphatic heterocycles. The predicted octanol–water partition coefficient (Wildman–Crippen LogP) is 4.57. The molecule has 2 aromatic rings. The van der Waals surface area contributed by atoms with E-state index in [4.69, 9.17) is 17.0 Å². The molecule has 0 aromatic heterocycles. The number of allylic oxidation sites excluding steroid dienone is 1. The molecule has 9 nitrogen and oxygen atoms in total. The minimum Gasteiger partial charge on any atom is -0.462 e. The normalized spacial score (nSPS) is 15.6. The van der Waals surface area contributed by atoms with Gasteiger partial charge >= 0.3 is 5.97 Å². The van der Waals surface area contributed by atoms with E-state index in [1.807, 2.05) is 38.7 Å². The third kappa shape index (κ3) is 6.02. The quantitative estimate of drug-likeness (QED) is 0.236. The summed E-state index contributed by atoms with van der Waals surface area (Å²) in [6, 6.07) is 11.9. The second kappa shape index (κ2) is 11.1. The summed E-state index contributed by atoms with van der Waals surface area (Å²) in [4.78, 5) is 37.9. The lowest BCUT2D eigenvalue weighted by Crippen LogP contribution is -2.47. The highest BCUT2D eigenvalue weighted by molar-refractivity contribution is 7.80. The molecule has 2 aromatic carbocycles. The number of carbonyl (C=O) groups excluding carboxylic acids is 2. The third-order valence-corrected chi connectivity index (χ3v) is 5.84. The largest absolute Gasteiger partial charge is 0.462 e. The number of esters is 1. The first-order valence-corrected chi connectivity index (χ1v) is 11.6. The highest BCUT2D eigenvalue weighted by Crippen LogP contribution is 2.32. The van der Waals surface area contributed by atoms with Crippen molar-refractivity contribution in [2.75, 3.05) is 18.5 Å². The Balaban J connectivity index is 1.89. The van der Waals surface area contributed by atoms with Gasteiger partial charge in [-0.1, -0.05) is 26.0 Å². The van der Waals surface area contributed by atoms with E-state index in [0.29, 0.717) is 29.5 Å². The molecule has 0 saturated heterocycles. The Kier molecular flexibility index (Phi) is 8.18. The molecule has 3 rings (SSSR count). The number of benzene rings is 2. The number of hydrogen-bond acceptors (Lipinski definition) is 6. The average Bonchev–Trinajstić information content (AvgIpc) is 2.82. The van der Waals surface area contributed by atoms with Gasteiger partial charge in [-0.2, -0.15) is 0 Å². The molecule has 35 heavy (non-hydrogen) atoms. The first-order chi connectivity index (χ1) is 16.6. The van der Waals surface area contributed by atoms with Crippen molar-refractivity contribution in [3.63, 3.8) is 0 Å². The summed E-state index contributed by atoms with van der Waals surface area (Å²) in [6.45, 7) is 8.62. The molecule has 10 heteroatoms. The second-order valence-electron chi connectivity index (χ2n) is 8.50. The minimum atomic E-state index is -0.554. The Bertz CT molecular complexity index is 1180. The molecule has 2 N–H and O–H groups in total. The van der Waals surface area contributed by atoms with Crippen molar-refractivity contribution >= 4 is 40.6 Å². The van der Waals surface area contributed by atoms with Crippen LogP contribution in [0.1, 0.15) is 49.7 Å². The van der Waals surface area contributed by atoms with Crippen LogP contribution >= 0.6 is 12.2 Å². The number of carbonyl (C=O) groups is 2. The lowest BCUT2D eigenvalue weighted by molar-refractivity contribution is -0.384. The Morgan fingerprint density at radius 2 is 1.91 bits per heavy atom. The lowest BCUT2D eigenvalue weighted by atomic mass is 9.94. The first-order valence-electron chi connectivity index (χ1n) is 11.2. The molecule has 0 bridgehead atoms. The number of nitro groups is 1. The number of thiocarbonyl (C=S) groups is 1. The van der Waals surface area contributed by atoms with E-state index in [-0.39, 0.29) is 17.2 Å². The van der Waals surface area contributed by atoms with Crippen LogP contribution in [0.25, 0.3) is 0 Å². The van der Waals surface area contributed by atoms with Crippen LogP contribution in [0.4, 0.5) is 11.4 Å². The van der Waals surface area contributed by atoms with E-state index in [2.05, 4.69) is 10.6 Å². The van der Waals surface area contributed by atoms with Gasteiger partial charge in [-0.25, -0.2) is 4.79 Å². The maximum absolute atomic E-state index is 13.1. The topological polar surface area (TPSA) is 114 Å². The van der Waals surface area contributed by atoms with Crippen molar-refractivity contribution in [3.8, 4) is 0 Å². The molecule has 0 spiro atoms. The van der Waals surface area contributed by atoms with Gasteiger partial charge in [0.15, 0.2) is 5.11 Å². The zero-order valence-electron chi connectivity index (χ0n) is 20.0. The predicted molar refractivity (Wildman–Crippen MR) is 137 cm³/mol. The summed E-state index contributed by atoms with van der Waals surface area (Å²) in [5.41, 5.74) is 2.59. The van der Waals surface area contributed by atoms with Crippen molar-refractivity contribution in [1.29, 1.82) is 0 Å².